The Bertz CT molecular complexity index is 1030. The Morgan fingerprint density at radius 3 is 2.28 bits per heavy atom. The third-order valence-corrected chi connectivity index (χ3v) is 5.44. The second-order valence-corrected chi connectivity index (χ2v) is 7.61. The number of carbonyl (C=O) groups is 2. The molecular formula is C24H24N2O3. The molecule has 0 radical (unpaired) electrons. The highest BCUT2D eigenvalue weighted by Gasteiger charge is 2.39. The summed E-state index contributed by atoms with van der Waals surface area (Å²) in [6, 6.07) is 18.3. The van der Waals surface area contributed by atoms with Crippen LogP contribution in [-0.2, 0) is 6.54 Å². The van der Waals surface area contributed by atoms with E-state index in [1.54, 1.807) is 30.3 Å². The van der Waals surface area contributed by atoms with Crippen molar-refractivity contribution in [2.24, 2.45) is 0 Å². The Hall–Kier alpha value is -3.34. The molecule has 29 heavy (non-hydrogen) atoms. The lowest BCUT2D eigenvalue weighted by Gasteiger charge is -2.35. The molecule has 1 aliphatic rings. The lowest BCUT2D eigenvalue weighted by atomic mass is 9.96. The van der Waals surface area contributed by atoms with Gasteiger partial charge in [0.2, 0.25) is 0 Å². The van der Waals surface area contributed by atoms with E-state index in [4.69, 9.17) is 4.74 Å². The van der Waals surface area contributed by atoms with E-state index in [1.807, 2.05) is 48.5 Å². The summed E-state index contributed by atoms with van der Waals surface area (Å²) in [7, 11) is 1.62. The van der Waals surface area contributed by atoms with E-state index in [1.165, 1.54) is 10.1 Å². The maximum absolute atomic E-state index is 13.3. The van der Waals surface area contributed by atoms with E-state index < -0.39 is 6.04 Å². The van der Waals surface area contributed by atoms with Gasteiger partial charge in [-0.05, 0) is 46.9 Å². The molecule has 0 bridgehead atoms. The molecule has 4 rings (SSSR count). The molecule has 0 aliphatic carbocycles. The van der Waals surface area contributed by atoms with Gasteiger partial charge in [0.25, 0.3) is 11.8 Å². The summed E-state index contributed by atoms with van der Waals surface area (Å²) in [5.41, 5.74) is 3.36. The quantitative estimate of drug-likeness (QED) is 0.639. The summed E-state index contributed by atoms with van der Waals surface area (Å²) in [4.78, 5) is 28.2. The Morgan fingerprint density at radius 2 is 1.66 bits per heavy atom. The number of benzene rings is 2. The van der Waals surface area contributed by atoms with E-state index >= 15 is 0 Å². The number of methoxy groups -OCH3 is 1. The van der Waals surface area contributed by atoms with Gasteiger partial charge in [0.1, 0.15) is 17.5 Å². The molecule has 0 saturated carbocycles. The van der Waals surface area contributed by atoms with E-state index in [0.29, 0.717) is 18.2 Å². The van der Waals surface area contributed by atoms with Crippen LogP contribution in [0.25, 0.3) is 0 Å². The average molecular weight is 388 g/mol. The minimum atomic E-state index is -0.661. The van der Waals surface area contributed by atoms with Crippen LogP contribution in [0.5, 0.6) is 5.75 Å². The van der Waals surface area contributed by atoms with E-state index in [9.17, 15) is 9.59 Å². The summed E-state index contributed by atoms with van der Waals surface area (Å²) < 4.78 is 6.68. The fraction of sp³-hybridized carbons (Fsp3) is 0.250. The van der Waals surface area contributed by atoms with Gasteiger partial charge >= 0.3 is 0 Å². The fourth-order valence-electron chi connectivity index (χ4n) is 3.75. The third kappa shape index (κ3) is 3.44. The molecule has 0 spiro atoms. The van der Waals surface area contributed by atoms with Gasteiger partial charge in [0.15, 0.2) is 0 Å². The van der Waals surface area contributed by atoms with Gasteiger partial charge in [0.05, 0.1) is 7.11 Å². The van der Waals surface area contributed by atoms with Crippen molar-refractivity contribution in [3.63, 3.8) is 0 Å². The lowest BCUT2D eigenvalue weighted by Crippen LogP contribution is -2.46. The monoisotopic (exact) mass is 388 g/mol. The molecule has 2 heterocycles. The van der Waals surface area contributed by atoms with Crippen molar-refractivity contribution < 1.29 is 14.3 Å². The molecule has 5 heteroatoms. The van der Waals surface area contributed by atoms with Gasteiger partial charge in [-0.25, -0.2) is 0 Å². The first-order valence-electron chi connectivity index (χ1n) is 9.75. The van der Waals surface area contributed by atoms with Crippen LogP contribution < -0.4 is 4.74 Å². The van der Waals surface area contributed by atoms with Gasteiger partial charge < -0.3 is 9.64 Å². The van der Waals surface area contributed by atoms with Crippen molar-refractivity contribution in [1.82, 2.24) is 9.47 Å². The van der Waals surface area contributed by atoms with Crippen LogP contribution in [-0.4, -0.2) is 28.4 Å². The third-order valence-electron chi connectivity index (χ3n) is 5.44. The predicted molar refractivity (Wildman–Crippen MR) is 111 cm³/mol. The summed E-state index contributed by atoms with van der Waals surface area (Å²) in [6.07, 6.45) is 1.66. The van der Waals surface area contributed by atoms with Gasteiger partial charge in [-0.3, -0.25) is 14.2 Å². The predicted octanol–water partition coefficient (Wildman–Crippen LogP) is 4.66. The maximum Gasteiger partial charge on any atom is 0.272 e. The molecule has 148 valence electrons. The number of rotatable bonds is 5. The van der Waals surface area contributed by atoms with Crippen molar-refractivity contribution >= 4 is 11.8 Å². The minimum Gasteiger partial charge on any atom is -0.497 e. The second-order valence-electron chi connectivity index (χ2n) is 7.61. The number of hydrogen-bond acceptors (Lipinski definition) is 3. The standard InChI is InChI=1S/C24H24N2O3/c1-16(2)18-8-10-19(11-9-18)22-24(28)25-14-4-5-21(25)23(27)26(22)15-17-6-12-20(29-3)13-7-17/h4-14,16,22H,15H2,1-3H3. The van der Waals surface area contributed by atoms with Crippen LogP contribution in [0, 0.1) is 0 Å². The zero-order chi connectivity index (χ0) is 20.5. The topological polar surface area (TPSA) is 51.5 Å². The molecule has 3 aromatic rings. The Morgan fingerprint density at radius 1 is 0.966 bits per heavy atom. The number of ether oxygens (including phenoxy) is 1. The highest BCUT2D eigenvalue weighted by molar-refractivity contribution is 6.04. The summed E-state index contributed by atoms with van der Waals surface area (Å²) in [5.74, 6) is 0.891. The zero-order valence-electron chi connectivity index (χ0n) is 16.8. The second kappa shape index (κ2) is 7.59. The van der Waals surface area contributed by atoms with Crippen LogP contribution in [0.3, 0.4) is 0 Å². The molecule has 1 amide bonds. The highest BCUT2D eigenvalue weighted by Crippen LogP contribution is 2.32. The SMILES string of the molecule is COc1ccc(CN2C(=O)c3cccn3C(=O)C2c2ccc(C(C)C)cc2)cc1. The van der Waals surface area contributed by atoms with Crippen LogP contribution >= 0.6 is 0 Å². The lowest BCUT2D eigenvalue weighted by molar-refractivity contribution is 0.0485. The molecule has 1 unspecified atom stereocenters. The van der Waals surface area contributed by atoms with Crippen molar-refractivity contribution in [3.05, 3.63) is 89.2 Å². The maximum atomic E-state index is 13.3. The number of hydrogen-bond donors (Lipinski definition) is 0. The van der Waals surface area contributed by atoms with Gasteiger partial charge in [-0.1, -0.05) is 50.2 Å². The largest absolute Gasteiger partial charge is 0.497 e. The first kappa shape index (κ1) is 19.0. The fourth-order valence-corrected chi connectivity index (χ4v) is 3.75. The number of nitrogens with zero attached hydrogens (tertiary/aromatic N) is 2. The minimum absolute atomic E-state index is 0.115. The number of carbonyl (C=O) groups excluding carboxylic acids is 2. The molecule has 0 N–H and O–H groups in total. The number of aromatic nitrogens is 1. The van der Waals surface area contributed by atoms with Crippen LogP contribution in [0.2, 0.25) is 0 Å². The van der Waals surface area contributed by atoms with Crippen LogP contribution in [0.1, 0.15) is 57.8 Å². The van der Waals surface area contributed by atoms with Crippen molar-refractivity contribution in [3.8, 4) is 5.75 Å². The van der Waals surface area contributed by atoms with Crippen molar-refractivity contribution in [1.29, 1.82) is 0 Å². The Balaban J connectivity index is 1.74. The molecule has 1 aliphatic heterocycles. The normalized spacial score (nSPS) is 16.3. The number of amides is 1. The summed E-state index contributed by atoms with van der Waals surface area (Å²) >= 11 is 0. The Labute approximate surface area is 170 Å². The molecule has 1 aromatic heterocycles. The zero-order valence-corrected chi connectivity index (χ0v) is 16.8. The Kier molecular flexibility index (Phi) is 4.97. The summed E-state index contributed by atoms with van der Waals surface area (Å²) in [5, 5.41) is 0. The molecule has 0 fully saturated rings. The van der Waals surface area contributed by atoms with E-state index in [-0.39, 0.29) is 11.8 Å². The molecule has 1 atom stereocenters. The summed E-state index contributed by atoms with van der Waals surface area (Å²) in [6.45, 7) is 4.61. The van der Waals surface area contributed by atoms with E-state index in [0.717, 1.165) is 16.9 Å². The molecule has 2 aromatic carbocycles. The van der Waals surface area contributed by atoms with Gasteiger partial charge in [-0.15, -0.1) is 0 Å². The van der Waals surface area contributed by atoms with Crippen molar-refractivity contribution in [2.45, 2.75) is 32.4 Å². The highest BCUT2D eigenvalue weighted by atomic mass is 16.5. The number of fused-ring (bicyclic) bond motifs is 1. The molecular weight excluding hydrogens is 364 g/mol. The molecule has 0 saturated heterocycles. The smallest absolute Gasteiger partial charge is 0.272 e. The van der Waals surface area contributed by atoms with E-state index in [2.05, 4.69) is 13.8 Å². The van der Waals surface area contributed by atoms with Crippen molar-refractivity contribution in [2.75, 3.05) is 7.11 Å². The van der Waals surface area contributed by atoms with Crippen LogP contribution in [0.15, 0.2) is 66.9 Å². The van der Waals surface area contributed by atoms with Gasteiger partial charge in [0, 0.05) is 12.7 Å². The average Bonchev–Trinajstić information content (AvgIpc) is 3.23. The first-order chi connectivity index (χ1) is 14.0. The van der Waals surface area contributed by atoms with Gasteiger partial charge in [-0.2, -0.15) is 0 Å². The first-order valence-corrected chi connectivity index (χ1v) is 9.75. The van der Waals surface area contributed by atoms with Crippen LogP contribution in [0.4, 0.5) is 0 Å². The molecule has 5 nitrogen and oxygen atoms in total.